The maximum Gasteiger partial charge on any atom is 0.307 e. The smallest absolute Gasteiger partial charge is 0.307 e. The maximum absolute atomic E-state index is 13.2. The number of nitrogens with zero attached hydrogens (tertiary/aromatic N) is 1. The molecule has 0 bridgehead atoms. The summed E-state index contributed by atoms with van der Waals surface area (Å²) in [5, 5.41) is 9.91. The highest BCUT2D eigenvalue weighted by Crippen LogP contribution is 2.38. The molecular weight excluding hydrogens is 353 g/mol. The molecule has 0 spiro atoms. The number of carbonyl (C=O) groups is 2. The molecule has 1 aromatic heterocycles. The predicted molar refractivity (Wildman–Crippen MR) is 95.1 cm³/mol. The van der Waals surface area contributed by atoms with E-state index in [2.05, 4.69) is 0 Å². The van der Waals surface area contributed by atoms with Gasteiger partial charge in [-0.1, -0.05) is 0 Å². The van der Waals surface area contributed by atoms with Crippen LogP contribution in [-0.2, 0) is 11.2 Å². The van der Waals surface area contributed by atoms with Gasteiger partial charge in [0.2, 0.25) is 0 Å². The Morgan fingerprint density at radius 2 is 1.74 bits per heavy atom. The van der Waals surface area contributed by atoms with Gasteiger partial charge in [-0.25, -0.2) is 4.39 Å². The van der Waals surface area contributed by atoms with Crippen LogP contribution in [0.1, 0.15) is 21.6 Å². The Labute approximate surface area is 153 Å². The fraction of sp³-hybridized carbons (Fsp3) is 0.200. The number of fused-ring (bicyclic) bond motifs is 2. The normalized spacial score (nSPS) is 13.0. The van der Waals surface area contributed by atoms with Crippen molar-refractivity contribution in [1.82, 2.24) is 4.57 Å². The van der Waals surface area contributed by atoms with Crippen LogP contribution in [0.3, 0.4) is 0 Å². The number of carboxylic acids is 1. The molecule has 1 N–H and O–H groups in total. The molecule has 0 radical (unpaired) electrons. The SMILES string of the molecule is Cc1c(CC(=O)O)c2cc3c(cc2n1C(=O)c1ccc(F)cc1)OCCO3. The Balaban J connectivity index is 1.95. The average Bonchev–Trinajstić information content (AvgIpc) is 2.90. The summed E-state index contributed by atoms with van der Waals surface area (Å²) in [6, 6.07) is 8.62. The number of hydrogen-bond acceptors (Lipinski definition) is 4. The molecule has 7 heteroatoms. The van der Waals surface area contributed by atoms with Crippen LogP contribution in [-0.4, -0.2) is 34.8 Å². The van der Waals surface area contributed by atoms with Crippen LogP contribution < -0.4 is 9.47 Å². The van der Waals surface area contributed by atoms with Gasteiger partial charge in [0, 0.05) is 22.7 Å². The van der Waals surface area contributed by atoms with Crippen molar-refractivity contribution >= 4 is 22.8 Å². The second kappa shape index (κ2) is 6.42. The van der Waals surface area contributed by atoms with Gasteiger partial charge in [0.15, 0.2) is 11.5 Å². The van der Waals surface area contributed by atoms with Gasteiger partial charge in [0.05, 0.1) is 11.9 Å². The van der Waals surface area contributed by atoms with E-state index in [1.54, 1.807) is 19.1 Å². The third-order valence-corrected chi connectivity index (χ3v) is 4.62. The molecule has 4 rings (SSSR count). The molecular formula is C20H16FNO5. The lowest BCUT2D eigenvalue weighted by Gasteiger charge is -2.18. The fourth-order valence-corrected chi connectivity index (χ4v) is 3.37. The Morgan fingerprint density at radius 1 is 1.11 bits per heavy atom. The molecule has 6 nitrogen and oxygen atoms in total. The van der Waals surface area contributed by atoms with Crippen LogP contribution in [0.2, 0.25) is 0 Å². The molecule has 3 aromatic rings. The number of carboxylic acid groups (broad SMARTS) is 1. The average molecular weight is 369 g/mol. The summed E-state index contributed by atoms with van der Waals surface area (Å²) in [5.74, 6) is -0.785. The lowest BCUT2D eigenvalue weighted by atomic mass is 10.1. The predicted octanol–water partition coefficient (Wildman–Crippen LogP) is 3.18. The Bertz CT molecular complexity index is 1070. The molecule has 0 saturated heterocycles. The number of rotatable bonds is 3. The molecule has 1 aliphatic heterocycles. The van der Waals surface area contributed by atoms with E-state index in [-0.39, 0.29) is 12.3 Å². The third-order valence-electron chi connectivity index (χ3n) is 4.62. The van der Waals surface area contributed by atoms with Crippen molar-refractivity contribution in [2.24, 2.45) is 0 Å². The van der Waals surface area contributed by atoms with Crippen molar-refractivity contribution in [2.75, 3.05) is 13.2 Å². The molecule has 0 saturated carbocycles. The van der Waals surface area contributed by atoms with Crippen LogP contribution in [0.25, 0.3) is 10.9 Å². The summed E-state index contributed by atoms with van der Waals surface area (Å²) in [4.78, 5) is 24.4. The number of aromatic nitrogens is 1. The van der Waals surface area contributed by atoms with Gasteiger partial charge in [-0.2, -0.15) is 0 Å². The van der Waals surface area contributed by atoms with Crippen molar-refractivity contribution < 1.29 is 28.6 Å². The van der Waals surface area contributed by atoms with Crippen LogP contribution >= 0.6 is 0 Å². The minimum atomic E-state index is -0.999. The molecule has 138 valence electrons. The topological polar surface area (TPSA) is 77.8 Å². The summed E-state index contributed by atoms with van der Waals surface area (Å²) in [7, 11) is 0. The van der Waals surface area contributed by atoms with E-state index in [0.717, 1.165) is 0 Å². The molecule has 0 amide bonds. The van der Waals surface area contributed by atoms with Crippen molar-refractivity contribution in [3.05, 3.63) is 59.0 Å². The van der Waals surface area contributed by atoms with E-state index in [0.29, 0.717) is 52.4 Å². The van der Waals surface area contributed by atoms with Gasteiger partial charge in [-0.3, -0.25) is 14.2 Å². The summed E-state index contributed by atoms with van der Waals surface area (Å²) >= 11 is 0. The quantitative estimate of drug-likeness (QED) is 0.767. The second-order valence-corrected chi connectivity index (χ2v) is 6.29. The lowest BCUT2D eigenvalue weighted by molar-refractivity contribution is -0.136. The Kier molecular flexibility index (Phi) is 4.07. The van der Waals surface area contributed by atoms with E-state index >= 15 is 0 Å². The Morgan fingerprint density at radius 3 is 2.37 bits per heavy atom. The Hall–Kier alpha value is -3.35. The monoisotopic (exact) mass is 369 g/mol. The van der Waals surface area contributed by atoms with Gasteiger partial charge in [-0.15, -0.1) is 0 Å². The molecule has 0 fully saturated rings. The highest BCUT2D eigenvalue weighted by Gasteiger charge is 2.24. The molecule has 1 aliphatic rings. The number of hydrogen-bond donors (Lipinski definition) is 1. The standard InChI is InChI=1S/C20H16FNO5/c1-11-14(9-19(23)24)15-8-17-18(27-7-6-26-17)10-16(15)22(11)20(25)12-2-4-13(21)5-3-12/h2-5,8,10H,6-7,9H2,1H3,(H,23,24). The van der Waals surface area contributed by atoms with E-state index in [9.17, 15) is 19.1 Å². The van der Waals surface area contributed by atoms with Gasteiger partial charge < -0.3 is 14.6 Å². The van der Waals surface area contributed by atoms with E-state index in [1.807, 2.05) is 0 Å². The molecule has 27 heavy (non-hydrogen) atoms. The summed E-state index contributed by atoms with van der Waals surface area (Å²) in [5.41, 5.74) is 1.88. The van der Waals surface area contributed by atoms with Crippen LogP contribution in [0.15, 0.2) is 36.4 Å². The van der Waals surface area contributed by atoms with E-state index < -0.39 is 11.8 Å². The minimum Gasteiger partial charge on any atom is -0.486 e. The summed E-state index contributed by atoms with van der Waals surface area (Å²) in [6.07, 6.45) is -0.230. The van der Waals surface area contributed by atoms with Crippen molar-refractivity contribution in [2.45, 2.75) is 13.3 Å². The number of aliphatic carboxylic acids is 1. The van der Waals surface area contributed by atoms with Gasteiger partial charge in [0.25, 0.3) is 5.91 Å². The van der Waals surface area contributed by atoms with Gasteiger partial charge in [-0.05, 0) is 42.8 Å². The molecule has 0 aliphatic carbocycles. The number of ether oxygens (including phenoxy) is 2. The zero-order chi connectivity index (χ0) is 19.1. The third kappa shape index (κ3) is 2.91. The second-order valence-electron chi connectivity index (χ2n) is 6.29. The first-order chi connectivity index (χ1) is 13.0. The summed E-state index contributed by atoms with van der Waals surface area (Å²) in [6.45, 7) is 2.49. The van der Waals surface area contributed by atoms with Crippen LogP contribution in [0.5, 0.6) is 11.5 Å². The zero-order valence-corrected chi connectivity index (χ0v) is 14.5. The highest BCUT2D eigenvalue weighted by atomic mass is 19.1. The number of halogens is 1. The lowest BCUT2D eigenvalue weighted by Crippen LogP contribution is -2.16. The zero-order valence-electron chi connectivity index (χ0n) is 14.5. The van der Waals surface area contributed by atoms with Crippen molar-refractivity contribution in [3.63, 3.8) is 0 Å². The molecule has 0 atom stereocenters. The first kappa shape index (κ1) is 17.1. The number of carbonyl (C=O) groups excluding carboxylic acids is 1. The molecule has 2 heterocycles. The molecule has 0 unspecified atom stereocenters. The highest BCUT2D eigenvalue weighted by molar-refractivity contribution is 6.05. The van der Waals surface area contributed by atoms with Gasteiger partial charge >= 0.3 is 5.97 Å². The van der Waals surface area contributed by atoms with E-state index in [4.69, 9.17) is 9.47 Å². The molecule has 2 aromatic carbocycles. The largest absolute Gasteiger partial charge is 0.486 e. The van der Waals surface area contributed by atoms with E-state index in [1.165, 1.54) is 28.8 Å². The van der Waals surface area contributed by atoms with Crippen molar-refractivity contribution in [3.8, 4) is 11.5 Å². The number of benzene rings is 2. The minimum absolute atomic E-state index is 0.230. The maximum atomic E-state index is 13.2. The van der Waals surface area contributed by atoms with Crippen LogP contribution in [0.4, 0.5) is 4.39 Å². The first-order valence-corrected chi connectivity index (χ1v) is 8.41. The first-order valence-electron chi connectivity index (χ1n) is 8.41. The fourth-order valence-electron chi connectivity index (χ4n) is 3.37. The van der Waals surface area contributed by atoms with Crippen LogP contribution in [0, 0.1) is 12.7 Å². The van der Waals surface area contributed by atoms with Crippen molar-refractivity contribution in [1.29, 1.82) is 0 Å². The van der Waals surface area contributed by atoms with Gasteiger partial charge in [0.1, 0.15) is 19.0 Å². The summed E-state index contributed by atoms with van der Waals surface area (Å²) < 4.78 is 25.8.